The monoisotopic (exact) mass is 164 g/mol. The van der Waals surface area contributed by atoms with Crippen molar-refractivity contribution >= 4 is 15.9 Å². The molecule has 0 amide bonds. The lowest BCUT2D eigenvalue weighted by atomic mass is 10.5. The maximum atomic E-state index is 5.08. The lowest BCUT2D eigenvalue weighted by Gasteiger charge is -2.16. The van der Waals surface area contributed by atoms with Gasteiger partial charge in [0.2, 0.25) is 0 Å². The number of ether oxygens (including phenoxy) is 1. The first-order chi connectivity index (χ1) is 3.39. The molecule has 1 radical (unpaired) electrons. The standard InChI is InChI=1S/C4H7BrNO/c5-4-3-6-1-2-7-4/h3-4,6H,1-2H2. The summed E-state index contributed by atoms with van der Waals surface area (Å²) in [6.07, 6.45) is 0. The number of rotatable bonds is 0. The SMILES string of the molecule is BrC1[CH]NCCO1. The average Bonchev–Trinajstić information content (AvgIpc) is 1.69. The van der Waals surface area contributed by atoms with Crippen molar-refractivity contribution in [2.45, 2.75) is 5.01 Å². The van der Waals surface area contributed by atoms with Gasteiger partial charge >= 0.3 is 0 Å². The summed E-state index contributed by atoms with van der Waals surface area (Å²) in [4.78, 5) is 0. The number of alkyl halides is 1. The summed E-state index contributed by atoms with van der Waals surface area (Å²) in [7, 11) is 0. The van der Waals surface area contributed by atoms with Crippen LogP contribution in [-0.4, -0.2) is 18.2 Å². The molecular formula is C4H7BrNO. The molecule has 0 aromatic rings. The molecule has 1 N–H and O–H groups in total. The van der Waals surface area contributed by atoms with Gasteiger partial charge in [0.15, 0.2) is 0 Å². The molecule has 0 aromatic heterocycles. The molecule has 0 spiro atoms. The Morgan fingerprint density at radius 1 is 1.86 bits per heavy atom. The van der Waals surface area contributed by atoms with Crippen molar-refractivity contribution in [3.63, 3.8) is 0 Å². The highest BCUT2D eigenvalue weighted by atomic mass is 79.9. The maximum Gasteiger partial charge on any atom is 0.129 e. The van der Waals surface area contributed by atoms with E-state index in [-0.39, 0.29) is 5.01 Å². The highest BCUT2D eigenvalue weighted by molar-refractivity contribution is 9.09. The van der Waals surface area contributed by atoms with Gasteiger partial charge in [-0.05, 0) is 0 Å². The Kier molecular flexibility index (Phi) is 2.09. The number of hydrogen-bond donors (Lipinski definition) is 1. The number of hydrogen-bond acceptors (Lipinski definition) is 2. The molecule has 0 aliphatic carbocycles. The maximum absolute atomic E-state index is 5.08. The van der Waals surface area contributed by atoms with Gasteiger partial charge in [0.05, 0.1) is 13.2 Å². The van der Waals surface area contributed by atoms with Crippen molar-refractivity contribution in [3.8, 4) is 0 Å². The van der Waals surface area contributed by atoms with E-state index in [1.54, 1.807) is 0 Å². The molecule has 2 nitrogen and oxygen atoms in total. The molecule has 1 unspecified atom stereocenters. The Hall–Kier alpha value is 0.400. The zero-order valence-electron chi connectivity index (χ0n) is 3.86. The van der Waals surface area contributed by atoms with Crippen molar-refractivity contribution in [2.24, 2.45) is 0 Å². The van der Waals surface area contributed by atoms with Gasteiger partial charge in [-0.3, -0.25) is 0 Å². The summed E-state index contributed by atoms with van der Waals surface area (Å²) in [6.45, 7) is 3.61. The minimum absolute atomic E-state index is 0.112. The van der Waals surface area contributed by atoms with Crippen LogP contribution in [0.3, 0.4) is 0 Å². The molecule has 1 fully saturated rings. The van der Waals surface area contributed by atoms with Gasteiger partial charge in [0, 0.05) is 6.54 Å². The van der Waals surface area contributed by atoms with Crippen LogP contribution in [0.25, 0.3) is 0 Å². The third-order valence-corrected chi connectivity index (χ3v) is 1.30. The van der Waals surface area contributed by atoms with E-state index in [9.17, 15) is 0 Å². The van der Waals surface area contributed by atoms with Crippen molar-refractivity contribution in [3.05, 3.63) is 6.54 Å². The highest BCUT2D eigenvalue weighted by Gasteiger charge is 2.07. The van der Waals surface area contributed by atoms with Crippen LogP contribution < -0.4 is 5.32 Å². The van der Waals surface area contributed by atoms with E-state index in [1.165, 1.54) is 0 Å². The Balaban J connectivity index is 2.12. The molecule has 1 heterocycles. The summed E-state index contributed by atoms with van der Waals surface area (Å²) in [5.74, 6) is 0. The van der Waals surface area contributed by atoms with Crippen LogP contribution in [0.4, 0.5) is 0 Å². The van der Waals surface area contributed by atoms with Gasteiger partial charge in [-0.15, -0.1) is 0 Å². The predicted octanol–water partition coefficient (Wildman–Crippen LogP) is 0.489. The number of morpholine rings is 1. The summed E-state index contributed by atoms with van der Waals surface area (Å²) >= 11 is 3.25. The fourth-order valence-electron chi connectivity index (χ4n) is 0.455. The van der Waals surface area contributed by atoms with Crippen LogP contribution in [0, 0.1) is 6.54 Å². The first-order valence-electron chi connectivity index (χ1n) is 2.22. The highest BCUT2D eigenvalue weighted by Crippen LogP contribution is 2.05. The molecule has 0 bridgehead atoms. The Bertz CT molecular complexity index is 53.7. The minimum Gasteiger partial charge on any atom is -0.364 e. The van der Waals surface area contributed by atoms with E-state index in [1.807, 2.05) is 6.54 Å². The third kappa shape index (κ3) is 1.76. The van der Waals surface area contributed by atoms with E-state index >= 15 is 0 Å². The largest absolute Gasteiger partial charge is 0.364 e. The quantitative estimate of drug-likeness (QED) is 0.527. The van der Waals surface area contributed by atoms with Gasteiger partial charge in [-0.1, -0.05) is 15.9 Å². The molecule has 41 valence electrons. The van der Waals surface area contributed by atoms with Crippen molar-refractivity contribution in [2.75, 3.05) is 13.2 Å². The fourth-order valence-corrected chi connectivity index (χ4v) is 0.828. The van der Waals surface area contributed by atoms with E-state index in [0.717, 1.165) is 13.2 Å². The second-order valence-electron chi connectivity index (χ2n) is 1.34. The third-order valence-electron chi connectivity index (χ3n) is 0.772. The molecule has 0 saturated carbocycles. The Morgan fingerprint density at radius 2 is 2.71 bits per heavy atom. The zero-order valence-corrected chi connectivity index (χ0v) is 5.44. The first kappa shape index (κ1) is 5.54. The predicted molar refractivity (Wildman–Crippen MR) is 31.0 cm³/mol. The smallest absolute Gasteiger partial charge is 0.129 e. The van der Waals surface area contributed by atoms with Crippen LogP contribution in [-0.2, 0) is 4.74 Å². The normalized spacial score (nSPS) is 33.0. The van der Waals surface area contributed by atoms with Gasteiger partial charge in [0.1, 0.15) is 5.01 Å². The van der Waals surface area contributed by atoms with Crippen molar-refractivity contribution < 1.29 is 4.74 Å². The molecule has 1 aliphatic heterocycles. The van der Waals surface area contributed by atoms with E-state index in [2.05, 4.69) is 21.2 Å². The van der Waals surface area contributed by atoms with Crippen LogP contribution in [0.1, 0.15) is 0 Å². The summed E-state index contributed by atoms with van der Waals surface area (Å²) < 4.78 is 5.08. The molecule has 7 heavy (non-hydrogen) atoms. The van der Waals surface area contributed by atoms with Crippen LogP contribution in [0.2, 0.25) is 0 Å². The van der Waals surface area contributed by atoms with Crippen LogP contribution in [0.5, 0.6) is 0 Å². The van der Waals surface area contributed by atoms with Gasteiger partial charge in [0.25, 0.3) is 0 Å². The van der Waals surface area contributed by atoms with Crippen LogP contribution in [0.15, 0.2) is 0 Å². The molecule has 1 rings (SSSR count). The second kappa shape index (κ2) is 2.64. The molecule has 3 heteroatoms. The fraction of sp³-hybridized carbons (Fsp3) is 0.750. The Labute approximate surface area is 51.4 Å². The van der Waals surface area contributed by atoms with Crippen molar-refractivity contribution in [1.82, 2.24) is 5.32 Å². The summed E-state index contributed by atoms with van der Waals surface area (Å²) in [5, 5.41) is 3.15. The molecule has 1 aliphatic rings. The topological polar surface area (TPSA) is 21.3 Å². The molecule has 1 saturated heterocycles. The molecule has 1 atom stereocenters. The lowest BCUT2D eigenvalue weighted by molar-refractivity contribution is 0.110. The number of nitrogens with one attached hydrogen (secondary N) is 1. The average molecular weight is 165 g/mol. The first-order valence-corrected chi connectivity index (χ1v) is 3.13. The zero-order chi connectivity index (χ0) is 5.11. The van der Waals surface area contributed by atoms with Crippen molar-refractivity contribution in [1.29, 1.82) is 0 Å². The van der Waals surface area contributed by atoms with E-state index in [0.29, 0.717) is 0 Å². The van der Waals surface area contributed by atoms with E-state index in [4.69, 9.17) is 4.74 Å². The van der Waals surface area contributed by atoms with Gasteiger partial charge in [-0.2, -0.15) is 0 Å². The van der Waals surface area contributed by atoms with E-state index < -0.39 is 0 Å². The van der Waals surface area contributed by atoms with Gasteiger partial charge < -0.3 is 10.1 Å². The molecule has 0 aromatic carbocycles. The van der Waals surface area contributed by atoms with Crippen LogP contribution >= 0.6 is 15.9 Å². The van der Waals surface area contributed by atoms with Gasteiger partial charge in [-0.25, -0.2) is 0 Å². The number of halogens is 1. The lowest BCUT2D eigenvalue weighted by Crippen LogP contribution is -2.30. The minimum atomic E-state index is 0.112. The Morgan fingerprint density at radius 3 is 3.00 bits per heavy atom. The molecular weight excluding hydrogens is 158 g/mol. The summed E-state index contributed by atoms with van der Waals surface area (Å²) in [5.41, 5.74) is 0. The summed E-state index contributed by atoms with van der Waals surface area (Å²) in [6, 6.07) is 0. The second-order valence-corrected chi connectivity index (χ2v) is 2.25.